The second kappa shape index (κ2) is 8.02. The minimum atomic E-state index is 0.684. The first-order valence-corrected chi connectivity index (χ1v) is 10.2. The summed E-state index contributed by atoms with van der Waals surface area (Å²) >= 11 is 18.5. The summed E-state index contributed by atoms with van der Waals surface area (Å²) in [5.74, 6) is 0. The first-order chi connectivity index (χ1) is 13.0. The van der Waals surface area contributed by atoms with Crippen LogP contribution in [0.4, 0.5) is 0 Å². The van der Waals surface area contributed by atoms with Gasteiger partial charge in [-0.2, -0.15) is 0 Å². The molecule has 0 spiro atoms. The molecule has 0 radical (unpaired) electrons. The Kier molecular flexibility index (Phi) is 5.68. The predicted molar refractivity (Wildman–Crippen MR) is 115 cm³/mol. The third-order valence-corrected chi connectivity index (χ3v) is 6.12. The van der Waals surface area contributed by atoms with Crippen molar-refractivity contribution < 1.29 is 0 Å². The summed E-state index contributed by atoms with van der Waals surface area (Å²) in [5, 5.41) is 3.47. The molecule has 142 valence electrons. The van der Waals surface area contributed by atoms with Crippen LogP contribution in [0.5, 0.6) is 0 Å². The van der Waals surface area contributed by atoms with Crippen LogP contribution >= 0.6 is 34.8 Å². The lowest BCUT2D eigenvalue weighted by Gasteiger charge is -2.34. The van der Waals surface area contributed by atoms with Gasteiger partial charge in [-0.1, -0.05) is 40.9 Å². The van der Waals surface area contributed by atoms with Crippen LogP contribution in [0.25, 0.3) is 10.9 Å². The second-order valence-corrected chi connectivity index (χ2v) is 8.49. The summed E-state index contributed by atoms with van der Waals surface area (Å²) in [5.41, 5.74) is 3.70. The highest BCUT2D eigenvalue weighted by Gasteiger charge is 2.19. The second-order valence-electron chi connectivity index (χ2n) is 7.21. The zero-order valence-corrected chi connectivity index (χ0v) is 17.5. The maximum atomic E-state index is 6.32. The van der Waals surface area contributed by atoms with Gasteiger partial charge in [-0.3, -0.25) is 9.80 Å². The average molecular weight is 423 g/mol. The summed E-state index contributed by atoms with van der Waals surface area (Å²) in [6, 6.07) is 11.9. The van der Waals surface area contributed by atoms with E-state index in [9.17, 15) is 0 Å². The van der Waals surface area contributed by atoms with Gasteiger partial charge in [0.05, 0.1) is 0 Å². The Bertz CT molecular complexity index is 959. The fraction of sp³-hybridized carbons (Fsp3) is 0.333. The van der Waals surface area contributed by atoms with Crippen LogP contribution in [0.15, 0.2) is 42.6 Å². The van der Waals surface area contributed by atoms with E-state index in [1.807, 2.05) is 24.3 Å². The lowest BCUT2D eigenvalue weighted by atomic mass is 10.1. The number of aromatic nitrogens is 1. The number of nitrogens with zero attached hydrogens (tertiary/aromatic N) is 3. The number of benzene rings is 2. The molecule has 3 nitrogen and oxygen atoms in total. The summed E-state index contributed by atoms with van der Waals surface area (Å²) in [6.45, 7) is 5.97. The third-order valence-electron chi connectivity index (χ3n) is 5.30. The Morgan fingerprint density at radius 2 is 1.37 bits per heavy atom. The van der Waals surface area contributed by atoms with E-state index in [1.54, 1.807) is 0 Å². The highest BCUT2D eigenvalue weighted by atomic mass is 35.5. The number of halogens is 3. The van der Waals surface area contributed by atoms with Crippen LogP contribution in [0, 0.1) is 0 Å². The summed E-state index contributed by atoms with van der Waals surface area (Å²) < 4.78 is 2.18. The Labute approximate surface area is 175 Å². The van der Waals surface area contributed by atoms with Crippen LogP contribution < -0.4 is 0 Å². The van der Waals surface area contributed by atoms with Crippen LogP contribution in [-0.2, 0) is 20.1 Å². The molecule has 1 aliphatic heterocycles. The molecule has 0 aliphatic carbocycles. The van der Waals surface area contributed by atoms with Crippen molar-refractivity contribution in [2.75, 3.05) is 26.2 Å². The monoisotopic (exact) mass is 421 g/mol. The highest BCUT2D eigenvalue weighted by Crippen LogP contribution is 2.26. The molecule has 0 N–H and O–H groups in total. The molecule has 0 amide bonds. The molecule has 0 atom stereocenters. The van der Waals surface area contributed by atoms with Gasteiger partial charge in [-0.15, -0.1) is 0 Å². The molecule has 0 bridgehead atoms. The van der Waals surface area contributed by atoms with Crippen LogP contribution in [-0.4, -0.2) is 40.5 Å². The molecule has 3 aromatic rings. The third kappa shape index (κ3) is 4.28. The molecule has 6 heteroatoms. The standard InChI is InChI=1S/C21H22Cl3N3/c1-25-12-16(19-10-17(22)4-5-21(19)25)14-27-8-6-26(7-9-27)13-15-2-3-18(23)11-20(15)24/h2-5,10-12H,6-9,13-14H2,1H3. The van der Waals surface area contributed by atoms with E-state index in [0.717, 1.165) is 54.9 Å². The molecule has 1 aliphatic rings. The zero-order valence-electron chi connectivity index (χ0n) is 15.3. The number of piperazine rings is 1. The average Bonchev–Trinajstić information content (AvgIpc) is 2.94. The number of rotatable bonds is 4. The molecule has 1 aromatic heterocycles. The fourth-order valence-electron chi connectivity index (χ4n) is 3.81. The molecular weight excluding hydrogens is 401 g/mol. The molecular formula is C21H22Cl3N3. The molecule has 2 aromatic carbocycles. The van der Waals surface area contributed by atoms with Crippen LogP contribution in [0.1, 0.15) is 11.1 Å². The van der Waals surface area contributed by atoms with Crippen molar-refractivity contribution >= 4 is 45.7 Å². The predicted octanol–water partition coefficient (Wildman–Crippen LogP) is 5.46. The van der Waals surface area contributed by atoms with Crippen LogP contribution in [0.3, 0.4) is 0 Å². The van der Waals surface area contributed by atoms with E-state index in [2.05, 4.69) is 39.7 Å². The Balaban J connectivity index is 1.39. The fourth-order valence-corrected chi connectivity index (χ4v) is 4.45. The van der Waals surface area contributed by atoms with Gasteiger partial charge in [-0.25, -0.2) is 0 Å². The van der Waals surface area contributed by atoms with Gasteiger partial charge in [0.15, 0.2) is 0 Å². The van der Waals surface area contributed by atoms with Gasteiger partial charge >= 0.3 is 0 Å². The van der Waals surface area contributed by atoms with E-state index >= 15 is 0 Å². The van der Waals surface area contributed by atoms with Crippen molar-refractivity contribution in [2.45, 2.75) is 13.1 Å². The van der Waals surface area contributed by atoms with Crippen molar-refractivity contribution in [3.05, 3.63) is 68.8 Å². The first-order valence-electron chi connectivity index (χ1n) is 9.12. The molecule has 0 unspecified atom stereocenters. The molecule has 1 fully saturated rings. The smallest absolute Gasteiger partial charge is 0.0482 e. The topological polar surface area (TPSA) is 11.4 Å². The van der Waals surface area contributed by atoms with Gasteiger partial charge in [0.25, 0.3) is 0 Å². The Hall–Kier alpha value is -1.23. The van der Waals surface area contributed by atoms with Crippen molar-refractivity contribution in [1.29, 1.82) is 0 Å². The number of hydrogen-bond donors (Lipinski definition) is 0. The van der Waals surface area contributed by atoms with E-state index in [-0.39, 0.29) is 0 Å². The quantitative estimate of drug-likeness (QED) is 0.553. The van der Waals surface area contributed by atoms with E-state index < -0.39 is 0 Å². The van der Waals surface area contributed by atoms with Crippen molar-refractivity contribution in [2.24, 2.45) is 7.05 Å². The van der Waals surface area contributed by atoms with E-state index in [1.165, 1.54) is 16.5 Å². The Morgan fingerprint density at radius 3 is 2.04 bits per heavy atom. The molecule has 2 heterocycles. The minimum absolute atomic E-state index is 0.684. The molecule has 4 rings (SSSR count). The summed E-state index contributed by atoms with van der Waals surface area (Å²) in [6.07, 6.45) is 2.22. The zero-order chi connectivity index (χ0) is 19.0. The minimum Gasteiger partial charge on any atom is -0.350 e. The number of aryl methyl sites for hydroxylation is 1. The Morgan fingerprint density at radius 1 is 0.778 bits per heavy atom. The maximum absolute atomic E-state index is 6.32. The summed E-state index contributed by atoms with van der Waals surface area (Å²) in [7, 11) is 2.09. The first kappa shape index (κ1) is 19.1. The van der Waals surface area contributed by atoms with E-state index in [0.29, 0.717) is 5.02 Å². The van der Waals surface area contributed by atoms with Gasteiger partial charge in [0.2, 0.25) is 0 Å². The lowest BCUT2D eigenvalue weighted by Crippen LogP contribution is -2.45. The maximum Gasteiger partial charge on any atom is 0.0482 e. The molecule has 1 saturated heterocycles. The van der Waals surface area contributed by atoms with Crippen LogP contribution in [0.2, 0.25) is 15.1 Å². The number of fused-ring (bicyclic) bond motifs is 1. The number of hydrogen-bond acceptors (Lipinski definition) is 2. The van der Waals surface area contributed by atoms with Gasteiger partial charge in [0, 0.05) is 78.5 Å². The van der Waals surface area contributed by atoms with Crippen molar-refractivity contribution in [3.8, 4) is 0 Å². The SMILES string of the molecule is Cn1cc(CN2CCN(Cc3ccc(Cl)cc3Cl)CC2)c2cc(Cl)ccc21. The van der Waals surface area contributed by atoms with Crippen molar-refractivity contribution in [3.63, 3.8) is 0 Å². The summed E-state index contributed by atoms with van der Waals surface area (Å²) in [4.78, 5) is 4.96. The lowest BCUT2D eigenvalue weighted by molar-refractivity contribution is 0.122. The van der Waals surface area contributed by atoms with Crippen molar-refractivity contribution in [1.82, 2.24) is 14.4 Å². The molecule has 27 heavy (non-hydrogen) atoms. The molecule has 0 saturated carbocycles. The largest absolute Gasteiger partial charge is 0.350 e. The van der Waals surface area contributed by atoms with Gasteiger partial charge in [-0.05, 0) is 41.5 Å². The van der Waals surface area contributed by atoms with Gasteiger partial charge in [0.1, 0.15) is 0 Å². The highest BCUT2D eigenvalue weighted by molar-refractivity contribution is 6.35. The normalized spacial score (nSPS) is 16.3. The van der Waals surface area contributed by atoms with E-state index in [4.69, 9.17) is 34.8 Å². The van der Waals surface area contributed by atoms with Gasteiger partial charge < -0.3 is 4.57 Å².